The van der Waals surface area contributed by atoms with Crippen LogP contribution in [0.1, 0.15) is 45.4 Å². The molecule has 3 rings (SSSR count). The molecule has 0 radical (unpaired) electrons. The van der Waals surface area contributed by atoms with Gasteiger partial charge in [0, 0.05) is 13.2 Å². The van der Waals surface area contributed by atoms with Crippen LogP contribution in [0.15, 0.2) is 0 Å². The Morgan fingerprint density at radius 3 is 2.76 bits per heavy atom. The first-order valence-electron chi connectivity index (χ1n) is 7.61. The highest BCUT2D eigenvalue weighted by Gasteiger charge is 2.49. The molecule has 2 heteroatoms. The van der Waals surface area contributed by atoms with Gasteiger partial charge in [-0.2, -0.15) is 0 Å². The molecule has 0 aromatic carbocycles. The zero-order valence-electron chi connectivity index (χ0n) is 11.2. The Kier molecular flexibility index (Phi) is 3.45. The molecular formula is C15H27NO. The van der Waals surface area contributed by atoms with Crippen molar-refractivity contribution in [2.75, 3.05) is 26.3 Å². The number of piperidine rings is 1. The molecule has 2 nitrogen and oxygen atoms in total. The van der Waals surface area contributed by atoms with E-state index >= 15 is 0 Å². The maximum Gasteiger partial charge on any atom is 0.0497 e. The quantitative estimate of drug-likeness (QED) is 0.757. The van der Waals surface area contributed by atoms with Gasteiger partial charge in [0.05, 0.1) is 0 Å². The summed E-state index contributed by atoms with van der Waals surface area (Å²) in [5.41, 5.74) is 0.610. The molecule has 98 valence electrons. The van der Waals surface area contributed by atoms with Crippen LogP contribution in [0, 0.1) is 23.2 Å². The van der Waals surface area contributed by atoms with Gasteiger partial charge in [0.1, 0.15) is 0 Å². The summed E-state index contributed by atoms with van der Waals surface area (Å²) < 4.78 is 5.70. The van der Waals surface area contributed by atoms with E-state index in [2.05, 4.69) is 12.2 Å². The lowest BCUT2D eigenvalue weighted by molar-refractivity contribution is -0.0946. The molecule has 3 unspecified atom stereocenters. The molecule has 0 bridgehead atoms. The Bertz CT molecular complexity index is 256. The predicted octanol–water partition coefficient (Wildman–Crippen LogP) is 2.83. The molecule has 2 saturated heterocycles. The van der Waals surface area contributed by atoms with Gasteiger partial charge in [-0.15, -0.1) is 0 Å². The number of rotatable bonds is 1. The zero-order chi connectivity index (χ0) is 11.7. The third-order valence-corrected chi connectivity index (χ3v) is 5.90. The van der Waals surface area contributed by atoms with Crippen LogP contribution in [0.3, 0.4) is 0 Å². The highest BCUT2D eigenvalue weighted by Crippen LogP contribution is 2.52. The topological polar surface area (TPSA) is 21.3 Å². The van der Waals surface area contributed by atoms with Gasteiger partial charge in [-0.1, -0.05) is 32.6 Å². The molecule has 0 amide bonds. The van der Waals surface area contributed by atoms with Crippen LogP contribution in [0.2, 0.25) is 0 Å². The van der Waals surface area contributed by atoms with Gasteiger partial charge < -0.3 is 10.1 Å². The first-order chi connectivity index (χ1) is 8.33. The predicted molar refractivity (Wildman–Crippen MR) is 70.0 cm³/mol. The fraction of sp³-hybridized carbons (Fsp3) is 1.00. The van der Waals surface area contributed by atoms with Crippen molar-refractivity contribution in [2.24, 2.45) is 23.2 Å². The Hall–Kier alpha value is -0.0800. The minimum Gasteiger partial charge on any atom is -0.381 e. The molecule has 1 spiro atoms. The molecule has 17 heavy (non-hydrogen) atoms. The second-order valence-corrected chi connectivity index (χ2v) is 6.56. The van der Waals surface area contributed by atoms with Crippen molar-refractivity contribution in [3.05, 3.63) is 0 Å². The minimum absolute atomic E-state index is 0.610. The van der Waals surface area contributed by atoms with Crippen LogP contribution in [0.25, 0.3) is 0 Å². The Balaban J connectivity index is 1.82. The highest BCUT2D eigenvalue weighted by molar-refractivity contribution is 4.99. The Morgan fingerprint density at radius 2 is 2.00 bits per heavy atom. The fourth-order valence-electron chi connectivity index (χ4n) is 4.82. The molecule has 1 aliphatic carbocycles. The Labute approximate surface area is 105 Å². The van der Waals surface area contributed by atoms with Crippen molar-refractivity contribution in [1.29, 1.82) is 0 Å². The van der Waals surface area contributed by atoms with E-state index in [-0.39, 0.29) is 0 Å². The molecule has 1 N–H and O–H groups in total. The van der Waals surface area contributed by atoms with Gasteiger partial charge >= 0.3 is 0 Å². The average molecular weight is 237 g/mol. The third kappa shape index (κ3) is 2.04. The van der Waals surface area contributed by atoms with Gasteiger partial charge in [0.15, 0.2) is 0 Å². The maximum atomic E-state index is 5.70. The van der Waals surface area contributed by atoms with E-state index in [0.29, 0.717) is 5.41 Å². The summed E-state index contributed by atoms with van der Waals surface area (Å²) in [6, 6.07) is 0. The fourth-order valence-corrected chi connectivity index (χ4v) is 4.82. The second kappa shape index (κ2) is 4.89. The SMILES string of the molecule is CC1COCCC12CCNCC2C1CCCC1. The summed E-state index contributed by atoms with van der Waals surface area (Å²) in [6.45, 7) is 6.95. The molecular weight excluding hydrogens is 210 g/mol. The first-order valence-corrected chi connectivity index (χ1v) is 7.61. The van der Waals surface area contributed by atoms with E-state index in [9.17, 15) is 0 Å². The van der Waals surface area contributed by atoms with Crippen molar-refractivity contribution in [1.82, 2.24) is 5.32 Å². The van der Waals surface area contributed by atoms with E-state index in [4.69, 9.17) is 4.74 Å². The van der Waals surface area contributed by atoms with Crippen LogP contribution in [-0.4, -0.2) is 26.3 Å². The highest BCUT2D eigenvalue weighted by atomic mass is 16.5. The van der Waals surface area contributed by atoms with Crippen molar-refractivity contribution in [3.8, 4) is 0 Å². The Morgan fingerprint density at radius 1 is 1.18 bits per heavy atom. The molecule has 0 aromatic rings. The number of hydrogen-bond acceptors (Lipinski definition) is 2. The molecule has 3 aliphatic rings. The molecule has 3 atom stereocenters. The summed E-state index contributed by atoms with van der Waals surface area (Å²) in [5.74, 6) is 2.70. The van der Waals surface area contributed by atoms with Crippen molar-refractivity contribution in [2.45, 2.75) is 45.4 Å². The molecule has 0 aromatic heterocycles. The van der Waals surface area contributed by atoms with Gasteiger partial charge in [0.2, 0.25) is 0 Å². The third-order valence-electron chi connectivity index (χ3n) is 5.90. The van der Waals surface area contributed by atoms with E-state index in [1.54, 1.807) is 0 Å². The van der Waals surface area contributed by atoms with Crippen LogP contribution in [0.5, 0.6) is 0 Å². The van der Waals surface area contributed by atoms with E-state index in [0.717, 1.165) is 31.0 Å². The molecule has 2 heterocycles. The number of hydrogen-bond donors (Lipinski definition) is 1. The second-order valence-electron chi connectivity index (χ2n) is 6.56. The van der Waals surface area contributed by atoms with Crippen molar-refractivity contribution < 1.29 is 4.74 Å². The smallest absolute Gasteiger partial charge is 0.0497 e. The normalized spacial score (nSPS) is 44.3. The van der Waals surface area contributed by atoms with E-state index in [1.165, 1.54) is 51.6 Å². The van der Waals surface area contributed by atoms with Gasteiger partial charge in [-0.05, 0) is 49.1 Å². The minimum atomic E-state index is 0.610. The van der Waals surface area contributed by atoms with Crippen LogP contribution in [0.4, 0.5) is 0 Å². The summed E-state index contributed by atoms with van der Waals surface area (Å²) in [4.78, 5) is 0. The van der Waals surface area contributed by atoms with Gasteiger partial charge in [-0.3, -0.25) is 0 Å². The van der Waals surface area contributed by atoms with Gasteiger partial charge in [0.25, 0.3) is 0 Å². The summed E-state index contributed by atoms with van der Waals surface area (Å²) in [5, 5.41) is 3.66. The lowest BCUT2D eigenvalue weighted by Crippen LogP contribution is -2.54. The lowest BCUT2D eigenvalue weighted by Gasteiger charge is -2.53. The number of nitrogens with one attached hydrogen (secondary N) is 1. The monoisotopic (exact) mass is 237 g/mol. The zero-order valence-corrected chi connectivity index (χ0v) is 11.2. The van der Waals surface area contributed by atoms with E-state index < -0.39 is 0 Å². The maximum absolute atomic E-state index is 5.70. The van der Waals surface area contributed by atoms with Crippen LogP contribution < -0.4 is 5.32 Å². The lowest BCUT2D eigenvalue weighted by atomic mass is 9.57. The van der Waals surface area contributed by atoms with Crippen molar-refractivity contribution >= 4 is 0 Å². The summed E-state index contributed by atoms with van der Waals surface area (Å²) in [6.07, 6.45) is 8.63. The van der Waals surface area contributed by atoms with Crippen molar-refractivity contribution in [3.63, 3.8) is 0 Å². The van der Waals surface area contributed by atoms with E-state index in [1.807, 2.05) is 0 Å². The largest absolute Gasteiger partial charge is 0.381 e. The average Bonchev–Trinajstić information content (AvgIpc) is 2.87. The van der Waals surface area contributed by atoms with Crippen LogP contribution >= 0.6 is 0 Å². The molecule has 2 aliphatic heterocycles. The summed E-state index contributed by atoms with van der Waals surface area (Å²) >= 11 is 0. The molecule has 1 saturated carbocycles. The van der Waals surface area contributed by atoms with Gasteiger partial charge in [-0.25, -0.2) is 0 Å². The standard InChI is InChI=1S/C15H27NO/c1-12-11-17-9-7-15(12)6-8-16-10-14(15)13-4-2-3-5-13/h12-14,16H,2-11H2,1H3. The molecule has 3 fully saturated rings. The van der Waals surface area contributed by atoms with Crippen LogP contribution in [-0.2, 0) is 4.74 Å². The first kappa shape index (κ1) is 12.0. The summed E-state index contributed by atoms with van der Waals surface area (Å²) in [7, 11) is 0. The number of ether oxygens (including phenoxy) is 1.